The van der Waals surface area contributed by atoms with E-state index in [1.165, 1.54) is 0 Å². The van der Waals surface area contributed by atoms with E-state index in [4.69, 9.17) is 0 Å². The molecule has 4 N–H and O–H groups in total. The van der Waals surface area contributed by atoms with Gasteiger partial charge < -0.3 is 10.2 Å². The minimum atomic E-state index is -6.51. The van der Waals surface area contributed by atoms with Crippen LogP contribution in [0.15, 0.2) is 30.9 Å². The smallest absolute Gasteiger partial charge is 0.393 e. The quantitative estimate of drug-likeness (QED) is 0.0894. The Hall–Kier alpha value is -1.90. The summed E-state index contributed by atoms with van der Waals surface area (Å²) in [6, 6.07) is 5.03. The topological polar surface area (TPSA) is 107 Å². The molecule has 0 bridgehead atoms. The van der Waals surface area contributed by atoms with Gasteiger partial charge in [-0.25, -0.2) is 0 Å². The Bertz CT molecular complexity index is 1310. The third-order valence-corrected chi connectivity index (χ3v) is 10.9. The third-order valence-electron chi connectivity index (χ3n) is 10.4. The van der Waals surface area contributed by atoms with Crippen molar-refractivity contribution in [2.75, 3.05) is 4.72 Å². The minimum Gasteiger partial charge on any atom is -0.393 e. The average molecular weight is 646 g/mol. The van der Waals surface area contributed by atoms with Crippen LogP contribution in [-0.4, -0.2) is 53.4 Å². The van der Waals surface area contributed by atoms with Crippen molar-refractivity contribution in [2.45, 2.75) is 107 Å². The molecule has 0 saturated heterocycles. The summed E-state index contributed by atoms with van der Waals surface area (Å²) < 4.78 is 126. The monoisotopic (exact) mass is 645 g/mol. The first-order valence-electron chi connectivity index (χ1n) is 14.4. The third kappa shape index (κ3) is 5.93. The molecule has 3 aliphatic rings. The first-order valence-corrected chi connectivity index (χ1v) is 15.9. The number of aliphatic hydroxyl groups excluding tert-OH is 2. The number of allylic oxidation sites excluding steroid dienone is 1. The highest BCUT2D eigenvalue weighted by atomic mass is 32.2. The van der Waals surface area contributed by atoms with Crippen LogP contribution in [0.25, 0.3) is 0 Å². The number of nitrogens with one attached hydrogen (secondary N) is 1. The summed E-state index contributed by atoms with van der Waals surface area (Å²) in [5, 5.41) is 20.6. The number of fused-ring (bicyclic) bond motifs is 5. The maximum Gasteiger partial charge on any atom is 0.459 e. The van der Waals surface area contributed by atoms with Crippen molar-refractivity contribution in [3.63, 3.8) is 0 Å². The van der Waals surface area contributed by atoms with Gasteiger partial charge in [0.2, 0.25) is 0 Å². The molecule has 14 heteroatoms. The normalized spacial score (nSPS) is 32.0. The summed E-state index contributed by atoms with van der Waals surface area (Å²) in [5.41, 5.74) is 1.24. The van der Waals surface area contributed by atoms with Gasteiger partial charge in [0.1, 0.15) is 6.10 Å². The predicted octanol–water partition coefficient (Wildman–Crippen LogP) is 7.04. The molecule has 4 rings (SSSR count). The number of halogens is 7. The molecule has 6 nitrogen and oxygen atoms in total. The molecule has 2 fully saturated rings. The van der Waals surface area contributed by atoms with Crippen molar-refractivity contribution < 1.29 is 53.9 Å². The van der Waals surface area contributed by atoms with Crippen LogP contribution in [0.5, 0.6) is 0 Å². The van der Waals surface area contributed by atoms with Crippen molar-refractivity contribution in [1.82, 2.24) is 0 Å². The molecular formula is C29H38F7NO5S. The molecule has 0 heterocycles. The second-order valence-corrected chi connectivity index (χ2v) is 13.9. The summed E-state index contributed by atoms with van der Waals surface area (Å²) in [5.74, 6) is -12.1. The van der Waals surface area contributed by atoms with E-state index in [9.17, 15) is 53.9 Å². The van der Waals surface area contributed by atoms with Gasteiger partial charge in [0.25, 0.3) is 0 Å². The van der Waals surface area contributed by atoms with Gasteiger partial charge in [-0.2, -0.15) is 39.2 Å². The zero-order valence-corrected chi connectivity index (χ0v) is 24.5. The lowest BCUT2D eigenvalue weighted by Gasteiger charge is -2.60. The highest BCUT2D eigenvalue weighted by Crippen LogP contribution is 2.69. The highest BCUT2D eigenvalue weighted by molar-refractivity contribution is 7.87. The molecule has 0 radical (unpaired) electrons. The molecule has 43 heavy (non-hydrogen) atoms. The zero-order chi connectivity index (χ0) is 32.2. The summed E-state index contributed by atoms with van der Waals surface area (Å²) in [4.78, 5) is 0. The fourth-order valence-corrected chi connectivity index (χ4v) is 8.84. The molecule has 0 amide bonds. The average Bonchev–Trinajstić information content (AvgIpc) is 3.20. The number of anilines is 1. The van der Waals surface area contributed by atoms with E-state index in [2.05, 4.69) is 18.2 Å². The number of aliphatic hydroxyl groups is 2. The number of hydrogen-bond donors (Lipinski definition) is 4. The van der Waals surface area contributed by atoms with Crippen LogP contribution in [0.4, 0.5) is 36.4 Å². The van der Waals surface area contributed by atoms with Crippen molar-refractivity contribution in [3.8, 4) is 0 Å². The Kier molecular flexibility index (Phi) is 9.07. The molecule has 3 unspecified atom stereocenters. The number of rotatable bonds is 11. The number of aryl methyl sites for hydroxylation is 1. The van der Waals surface area contributed by atoms with Gasteiger partial charge in [0.05, 0.1) is 11.8 Å². The minimum absolute atomic E-state index is 0.0487. The van der Waals surface area contributed by atoms with Crippen LogP contribution in [0, 0.1) is 22.7 Å². The molecule has 0 aromatic heterocycles. The summed E-state index contributed by atoms with van der Waals surface area (Å²) >= 11 is 0. The van der Waals surface area contributed by atoms with E-state index < -0.39 is 57.8 Å². The largest absolute Gasteiger partial charge is 0.459 e. The molecule has 1 aromatic rings. The van der Waals surface area contributed by atoms with Crippen LogP contribution in [0.1, 0.15) is 81.8 Å². The predicted molar refractivity (Wildman–Crippen MR) is 145 cm³/mol. The maximum atomic E-state index is 13.8. The lowest BCUT2D eigenvalue weighted by atomic mass is 9.44. The summed E-state index contributed by atoms with van der Waals surface area (Å²) in [7, 11) is -4.49. The van der Waals surface area contributed by atoms with Crippen LogP contribution < -0.4 is 4.72 Å². The van der Waals surface area contributed by atoms with Gasteiger partial charge in [0, 0.05) is 0 Å². The van der Waals surface area contributed by atoms with Crippen LogP contribution in [-0.2, 0) is 16.7 Å². The van der Waals surface area contributed by atoms with E-state index in [1.807, 2.05) is 12.1 Å². The number of alkyl halides is 7. The Balaban J connectivity index is 1.53. The van der Waals surface area contributed by atoms with E-state index >= 15 is 0 Å². The van der Waals surface area contributed by atoms with Gasteiger partial charge >= 0.3 is 28.3 Å². The first kappa shape index (κ1) is 34.0. The van der Waals surface area contributed by atoms with E-state index in [0.717, 1.165) is 17.5 Å². The molecule has 1 aromatic carbocycles. The van der Waals surface area contributed by atoms with Crippen molar-refractivity contribution >= 4 is 16.0 Å². The van der Waals surface area contributed by atoms with Crippen LogP contribution >= 0.6 is 0 Å². The molecule has 3 aliphatic carbocycles. The molecule has 2 saturated carbocycles. The van der Waals surface area contributed by atoms with Gasteiger partial charge in [-0.3, -0.25) is 9.27 Å². The fraction of sp³-hybridized carbons (Fsp3) is 0.724. The number of unbranched alkanes of at least 4 members (excludes halogenated alkanes) is 2. The van der Waals surface area contributed by atoms with E-state index in [1.54, 1.807) is 12.1 Å². The molecular weight excluding hydrogens is 607 g/mol. The lowest BCUT2D eigenvalue weighted by Crippen LogP contribution is -2.57. The molecule has 0 aliphatic heterocycles. The number of hydrogen-bond acceptors (Lipinski definition) is 4. The van der Waals surface area contributed by atoms with Crippen LogP contribution in [0.2, 0.25) is 0 Å². The van der Waals surface area contributed by atoms with Gasteiger partial charge in [-0.1, -0.05) is 38.3 Å². The SMILES string of the molecule is C=CC12CCc3cc(NS(=O)(=O)O)ccc3C1[C@@H](CCCCC[C@@H](O)C(F)(F)C(F)(F)C(F)(F)F)C[C@@]1(C)C2CC[C@@H]1O. The van der Waals surface area contributed by atoms with Crippen molar-refractivity contribution in [3.05, 3.63) is 42.0 Å². The van der Waals surface area contributed by atoms with Crippen molar-refractivity contribution in [1.29, 1.82) is 0 Å². The Morgan fingerprint density at radius 1 is 1.12 bits per heavy atom. The second kappa shape index (κ2) is 11.5. The summed E-state index contributed by atoms with van der Waals surface area (Å²) in [6.07, 6.45) is -4.94. The Morgan fingerprint density at radius 2 is 1.79 bits per heavy atom. The molecule has 244 valence electrons. The first-order chi connectivity index (χ1) is 19.7. The Labute approximate surface area is 246 Å². The maximum absolute atomic E-state index is 13.8. The van der Waals surface area contributed by atoms with E-state index in [0.29, 0.717) is 38.5 Å². The fourth-order valence-electron chi connectivity index (χ4n) is 8.42. The van der Waals surface area contributed by atoms with Crippen molar-refractivity contribution in [2.24, 2.45) is 22.7 Å². The zero-order valence-electron chi connectivity index (χ0n) is 23.7. The standard InChI is InChI=1S/C29H38F7NO5S/c1-3-26-14-13-17-15-19(37-43(40,41)42)9-10-20(17)24(26)18(16-25(2)21(26)11-12-22(25)38)7-5-4-6-8-23(39)27(30,31)28(32,33)29(34,35)36/h3,9-10,15,18,21-24,37-39H,1,4-8,11-14,16H2,2H3,(H,40,41,42)/t18-,21?,22-,23+,24?,25-,26?/m0/s1. The van der Waals surface area contributed by atoms with E-state index in [-0.39, 0.29) is 36.3 Å². The Morgan fingerprint density at radius 3 is 2.40 bits per heavy atom. The van der Waals surface area contributed by atoms with Crippen LogP contribution in [0.3, 0.4) is 0 Å². The summed E-state index contributed by atoms with van der Waals surface area (Å²) in [6.45, 7) is 6.25. The highest BCUT2D eigenvalue weighted by Gasteiger charge is 2.75. The van der Waals surface area contributed by atoms with Gasteiger partial charge in [-0.05, 0) is 96.8 Å². The molecule has 0 spiro atoms. The van der Waals surface area contributed by atoms with Gasteiger partial charge in [-0.15, -0.1) is 6.58 Å². The lowest BCUT2D eigenvalue weighted by molar-refractivity contribution is -0.371. The second-order valence-electron chi connectivity index (χ2n) is 12.7. The number of benzene rings is 1. The molecule has 7 atom stereocenters. The van der Waals surface area contributed by atoms with Gasteiger partial charge in [0.15, 0.2) is 0 Å².